The van der Waals surface area contributed by atoms with Crippen LogP contribution in [-0.4, -0.2) is 24.2 Å². The van der Waals surface area contributed by atoms with Crippen LogP contribution in [0.4, 0.5) is 23.1 Å². The van der Waals surface area contributed by atoms with E-state index in [0.717, 1.165) is 17.1 Å². The second-order valence-corrected chi connectivity index (χ2v) is 5.92. The van der Waals surface area contributed by atoms with Crippen molar-refractivity contribution in [3.8, 4) is 11.5 Å². The summed E-state index contributed by atoms with van der Waals surface area (Å²) in [5.74, 6) is 2.43. The van der Waals surface area contributed by atoms with Gasteiger partial charge in [0.15, 0.2) is 0 Å². The Morgan fingerprint density at radius 1 is 0.885 bits per heavy atom. The van der Waals surface area contributed by atoms with Gasteiger partial charge in [-0.2, -0.15) is 4.98 Å². The van der Waals surface area contributed by atoms with Crippen LogP contribution in [0.5, 0.6) is 11.5 Å². The minimum atomic E-state index is 0.447. The predicted molar refractivity (Wildman–Crippen MR) is 104 cm³/mol. The Kier molecular flexibility index (Phi) is 5.43. The Bertz CT molecular complexity index is 918. The highest BCUT2D eigenvalue weighted by atomic mass is 35.5. The van der Waals surface area contributed by atoms with Crippen LogP contribution in [0.2, 0.25) is 5.02 Å². The maximum absolute atomic E-state index is 6.20. The van der Waals surface area contributed by atoms with E-state index in [1.54, 1.807) is 20.3 Å². The summed E-state index contributed by atoms with van der Waals surface area (Å²) in [4.78, 5) is 8.93. The third-order valence-corrected chi connectivity index (χ3v) is 3.98. The summed E-state index contributed by atoms with van der Waals surface area (Å²) in [7, 11) is 3.21. The van der Waals surface area contributed by atoms with Crippen LogP contribution >= 0.6 is 11.6 Å². The molecule has 0 aliphatic rings. The SMILES string of the molecule is COc1ccc(Nc2nc(C)cc(Nc3ccccc3Cl)n2)c(OC)c1. The number of anilines is 4. The van der Waals surface area contributed by atoms with Crippen LogP contribution in [0.3, 0.4) is 0 Å². The summed E-state index contributed by atoms with van der Waals surface area (Å²) >= 11 is 6.20. The minimum absolute atomic E-state index is 0.447. The first kappa shape index (κ1) is 17.8. The number of aryl methyl sites for hydroxylation is 1. The Morgan fingerprint density at radius 3 is 2.42 bits per heavy atom. The first-order valence-electron chi connectivity index (χ1n) is 7.95. The predicted octanol–water partition coefficient (Wildman–Crippen LogP) is 4.94. The van der Waals surface area contributed by atoms with Crippen LogP contribution in [0, 0.1) is 6.92 Å². The Balaban J connectivity index is 1.87. The van der Waals surface area contributed by atoms with Gasteiger partial charge in [0.1, 0.15) is 17.3 Å². The maximum atomic E-state index is 6.20. The van der Waals surface area contributed by atoms with E-state index in [1.807, 2.05) is 49.4 Å². The highest BCUT2D eigenvalue weighted by molar-refractivity contribution is 6.33. The van der Waals surface area contributed by atoms with Gasteiger partial charge in [0, 0.05) is 17.8 Å². The molecule has 3 aromatic rings. The van der Waals surface area contributed by atoms with Gasteiger partial charge < -0.3 is 20.1 Å². The molecule has 0 saturated carbocycles. The average molecular weight is 371 g/mol. The van der Waals surface area contributed by atoms with Crippen LogP contribution in [0.15, 0.2) is 48.5 Å². The van der Waals surface area contributed by atoms with Gasteiger partial charge in [-0.05, 0) is 31.2 Å². The van der Waals surface area contributed by atoms with Crippen LogP contribution in [0.1, 0.15) is 5.69 Å². The lowest BCUT2D eigenvalue weighted by Crippen LogP contribution is -2.03. The molecule has 1 aromatic heterocycles. The molecule has 7 heteroatoms. The van der Waals surface area contributed by atoms with E-state index >= 15 is 0 Å². The van der Waals surface area contributed by atoms with Gasteiger partial charge in [0.2, 0.25) is 5.95 Å². The van der Waals surface area contributed by atoms with Gasteiger partial charge in [-0.1, -0.05) is 23.7 Å². The quantitative estimate of drug-likeness (QED) is 0.640. The zero-order valence-corrected chi connectivity index (χ0v) is 15.5. The first-order valence-corrected chi connectivity index (χ1v) is 8.33. The summed E-state index contributed by atoms with van der Waals surface area (Å²) in [6.45, 7) is 1.90. The number of aromatic nitrogens is 2. The monoisotopic (exact) mass is 370 g/mol. The summed E-state index contributed by atoms with van der Waals surface area (Å²) in [5, 5.41) is 7.01. The van der Waals surface area contributed by atoms with Crippen molar-refractivity contribution in [1.29, 1.82) is 0 Å². The molecule has 2 N–H and O–H groups in total. The third-order valence-electron chi connectivity index (χ3n) is 3.65. The Labute approximate surface area is 157 Å². The highest BCUT2D eigenvalue weighted by Crippen LogP contribution is 2.31. The van der Waals surface area contributed by atoms with E-state index in [0.29, 0.717) is 28.3 Å². The zero-order valence-electron chi connectivity index (χ0n) is 14.7. The van der Waals surface area contributed by atoms with Gasteiger partial charge in [-0.25, -0.2) is 4.98 Å². The van der Waals surface area contributed by atoms with E-state index in [1.165, 1.54) is 0 Å². The van der Waals surface area contributed by atoms with E-state index < -0.39 is 0 Å². The Hall–Kier alpha value is -2.99. The van der Waals surface area contributed by atoms with E-state index in [-0.39, 0.29) is 0 Å². The molecule has 6 nitrogen and oxygen atoms in total. The minimum Gasteiger partial charge on any atom is -0.497 e. The number of benzene rings is 2. The lowest BCUT2D eigenvalue weighted by atomic mass is 10.2. The molecule has 0 aliphatic heterocycles. The average Bonchev–Trinajstić information content (AvgIpc) is 2.63. The van der Waals surface area contributed by atoms with Crippen molar-refractivity contribution in [2.45, 2.75) is 6.92 Å². The highest BCUT2D eigenvalue weighted by Gasteiger charge is 2.09. The molecule has 0 atom stereocenters. The van der Waals surface area contributed by atoms with Crippen molar-refractivity contribution in [3.05, 3.63) is 59.2 Å². The fourth-order valence-corrected chi connectivity index (χ4v) is 2.59. The fourth-order valence-electron chi connectivity index (χ4n) is 2.41. The van der Waals surface area contributed by atoms with E-state index in [4.69, 9.17) is 21.1 Å². The van der Waals surface area contributed by atoms with E-state index in [2.05, 4.69) is 20.6 Å². The molecule has 0 spiro atoms. The summed E-state index contributed by atoms with van der Waals surface area (Å²) in [5.41, 5.74) is 2.33. The molecule has 134 valence electrons. The molecule has 3 rings (SSSR count). The molecule has 0 aliphatic carbocycles. The molecular weight excluding hydrogens is 352 g/mol. The molecule has 1 heterocycles. The number of para-hydroxylation sites is 1. The molecule has 0 fully saturated rings. The number of rotatable bonds is 6. The molecule has 0 unspecified atom stereocenters. The molecule has 0 amide bonds. The summed E-state index contributed by atoms with van der Waals surface area (Å²) in [6.07, 6.45) is 0. The smallest absolute Gasteiger partial charge is 0.229 e. The van der Waals surface area contributed by atoms with Crippen molar-refractivity contribution in [1.82, 2.24) is 9.97 Å². The fraction of sp³-hybridized carbons (Fsp3) is 0.158. The van der Waals surface area contributed by atoms with Gasteiger partial charge in [-0.15, -0.1) is 0 Å². The number of hydrogen-bond acceptors (Lipinski definition) is 6. The molecular formula is C19H19ClN4O2. The van der Waals surface area contributed by atoms with E-state index in [9.17, 15) is 0 Å². The first-order chi connectivity index (χ1) is 12.6. The second-order valence-electron chi connectivity index (χ2n) is 5.51. The van der Waals surface area contributed by atoms with Crippen molar-refractivity contribution in [3.63, 3.8) is 0 Å². The molecule has 0 bridgehead atoms. The number of nitrogens with one attached hydrogen (secondary N) is 2. The summed E-state index contributed by atoms with van der Waals surface area (Å²) < 4.78 is 10.6. The third kappa shape index (κ3) is 4.15. The van der Waals surface area contributed by atoms with Crippen LogP contribution in [0.25, 0.3) is 0 Å². The normalized spacial score (nSPS) is 10.3. The topological polar surface area (TPSA) is 68.3 Å². The lowest BCUT2D eigenvalue weighted by Gasteiger charge is -2.13. The number of ether oxygens (including phenoxy) is 2. The molecule has 26 heavy (non-hydrogen) atoms. The molecule has 0 radical (unpaired) electrons. The zero-order chi connectivity index (χ0) is 18.5. The number of halogens is 1. The van der Waals surface area contributed by atoms with Gasteiger partial charge in [0.25, 0.3) is 0 Å². The van der Waals surface area contributed by atoms with Gasteiger partial charge in [-0.3, -0.25) is 0 Å². The van der Waals surface area contributed by atoms with Crippen molar-refractivity contribution in [2.75, 3.05) is 24.9 Å². The summed E-state index contributed by atoms with van der Waals surface area (Å²) in [6, 6.07) is 14.8. The van der Waals surface area contributed by atoms with Crippen molar-refractivity contribution < 1.29 is 9.47 Å². The Morgan fingerprint density at radius 2 is 1.69 bits per heavy atom. The standard InChI is InChI=1S/C19H19ClN4O2/c1-12-10-18(22-15-7-5-4-6-14(15)20)24-19(21-12)23-16-9-8-13(25-2)11-17(16)26-3/h4-11H,1-3H3,(H2,21,22,23,24). The number of hydrogen-bond donors (Lipinski definition) is 2. The number of nitrogens with zero attached hydrogens (tertiary/aromatic N) is 2. The maximum Gasteiger partial charge on any atom is 0.229 e. The van der Waals surface area contributed by atoms with Gasteiger partial charge in [0.05, 0.1) is 30.6 Å². The van der Waals surface area contributed by atoms with Crippen LogP contribution in [-0.2, 0) is 0 Å². The lowest BCUT2D eigenvalue weighted by molar-refractivity contribution is 0.395. The number of methoxy groups -OCH3 is 2. The van der Waals surface area contributed by atoms with Crippen molar-refractivity contribution >= 4 is 34.7 Å². The molecule has 2 aromatic carbocycles. The second kappa shape index (κ2) is 7.93. The van der Waals surface area contributed by atoms with Crippen molar-refractivity contribution in [2.24, 2.45) is 0 Å². The van der Waals surface area contributed by atoms with Gasteiger partial charge >= 0.3 is 0 Å². The molecule has 0 saturated heterocycles. The largest absolute Gasteiger partial charge is 0.497 e. The van der Waals surface area contributed by atoms with Crippen LogP contribution < -0.4 is 20.1 Å².